The van der Waals surface area contributed by atoms with E-state index in [-0.39, 0.29) is 0 Å². The normalized spacial score (nSPS) is 19.5. The molecule has 0 radical (unpaired) electrons. The Labute approximate surface area is 122 Å². The standard InChI is InChI=1S/C12H16N3O.C4H10.Rf/c1-8-4-9(13)5-11-12(8)16-7-10-6-14-2-3-15(10)11;1-4(2)3;/h4-5,10H,2-3,6-7,13H2,1H3;4H,1-3H3;/q-1;;. The third-order valence-corrected chi connectivity index (χ3v) is 3.29. The number of nitrogens with two attached hydrogens (primary N) is 1. The number of aryl methyl sites for hydroxylation is 1. The molecule has 4 nitrogen and oxygen atoms in total. The average molecular weight is 543 g/mol. The van der Waals surface area contributed by atoms with Crippen LogP contribution in [-0.4, -0.2) is 32.3 Å². The smallest absolute Gasteiger partial charge is 0.145 e. The number of anilines is 2. The minimum atomic E-state index is 0. The molecule has 2 aliphatic heterocycles. The summed E-state index contributed by atoms with van der Waals surface area (Å²) < 4.78 is 5.82. The molecule has 0 amide bonds. The van der Waals surface area contributed by atoms with Crippen molar-refractivity contribution in [2.75, 3.05) is 36.9 Å². The van der Waals surface area contributed by atoms with Crippen molar-refractivity contribution in [3.05, 3.63) is 23.0 Å². The molecule has 1 saturated heterocycles. The molecule has 5 heteroatoms. The van der Waals surface area contributed by atoms with E-state index < -0.39 is 0 Å². The summed E-state index contributed by atoms with van der Waals surface area (Å²) in [6, 6.07) is 4.37. The monoisotopic (exact) mass is 543 g/mol. The van der Waals surface area contributed by atoms with Crippen molar-refractivity contribution < 1.29 is 4.74 Å². The second-order valence-electron chi connectivity index (χ2n) is 6.21. The summed E-state index contributed by atoms with van der Waals surface area (Å²) >= 11 is 0. The van der Waals surface area contributed by atoms with Gasteiger partial charge in [0.2, 0.25) is 0 Å². The van der Waals surface area contributed by atoms with Crippen LogP contribution < -0.4 is 15.4 Å². The topological polar surface area (TPSA) is 52.6 Å². The zero-order valence-electron chi connectivity index (χ0n) is 13.7. The fourth-order valence-electron chi connectivity index (χ4n) is 2.52. The van der Waals surface area contributed by atoms with Gasteiger partial charge in [0.1, 0.15) is 12.4 Å². The van der Waals surface area contributed by atoms with Gasteiger partial charge in [-0.25, -0.2) is 0 Å². The van der Waals surface area contributed by atoms with Gasteiger partial charge in [0, 0.05) is 11.7 Å². The van der Waals surface area contributed by atoms with Gasteiger partial charge in [-0.05, 0) is 37.1 Å². The zero-order valence-corrected chi connectivity index (χ0v) is 20.1. The van der Waals surface area contributed by atoms with Gasteiger partial charge in [0.15, 0.2) is 0 Å². The predicted octanol–water partition coefficient (Wildman–Crippen LogP) is 3.19. The van der Waals surface area contributed by atoms with Crippen LogP contribution in [0.4, 0.5) is 11.4 Å². The molecule has 3 rings (SSSR count). The van der Waals surface area contributed by atoms with E-state index in [1.807, 2.05) is 19.1 Å². The van der Waals surface area contributed by atoms with Gasteiger partial charge in [-0.3, -0.25) is 0 Å². The number of ether oxygens (including phenoxy) is 1. The van der Waals surface area contributed by atoms with Gasteiger partial charge in [-0.1, -0.05) is 20.8 Å². The Balaban J connectivity index is 0.000000397. The molecule has 0 saturated carbocycles. The Bertz CT molecular complexity index is 462. The first-order valence-electron chi connectivity index (χ1n) is 7.42. The van der Waals surface area contributed by atoms with Crippen molar-refractivity contribution in [1.82, 2.24) is 0 Å². The van der Waals surface area contributed by atoms with E-state index in [0.717, 1.165) is 54.8 Å². The number of benzene rings is 1. The summed E-state index contributed by atoms with van der Waals surface area (Å²) in [6.45, 7) is 12.0. The maximum Gasteiger partial charge on any atom is 0.145 e. The van der Waals surface area contributed by atoms with Gasteiger partial charge in [0.25, 0.3) is 0 Å². The molecule has 1 aromatic rings. The second-order valence-corrected chi connectivity index (χ2v) is 6.21. The second kappa shape index (κ2) is 6.84. The molecule has 0 bridgehead atoms. The molecule has 114 valence electrons. The molecule has 1 fully saturated rings. The van der Waals surface area contributed by atoms with Crippen molar-refractivity contribution >= 4 is 11.4 Å². The van der Waals surface area contributed by atoms with Gasteiger partial charge >= 0.3 is 0 Å². The molecule has 1 aromatic carbocycles. The van der Waals surface area contributed by atoms with Gasteiger partial charge < -0.3 is 20.7 Å². The Morgan fingerprint density at radius 3 is 2.67 bits per heavy atom. The summed E-state index contributed by atoms with van der Waals surface area (Å²) in [5.41, 5.74) is 8.97. The minimum absolute atomic E-state index is 0. The first kappa shape index (κ1) is 16.6. The van der Waals surface area contributed by atoms with Crippen LogP contribution in [0.5, 0.6) is 5.75 Å². The number of hydrogen-bond donors (Lipinski definition) is 1. The van der Waals surface area contributed by atoms with Crippen LogP contribution in [0.15, 0.2) is 12.1 Å². The summed E-state index contributed by atoms with van der Waals surface area (Å²) in [4.78, 5) is 2.38. The number of fused-ring (bicyclic) bond motifs is 3. The first-order chi connectivity index (χ1) is 9.49. The van der Waals surface area contributed by atoms with Crippen molar-refractivity contribution in [3.8, 4) is 5.75 Å². The van der Waals surface area contributed by atoms with Gasteiger partial charge in [-0.15, -0.1) is 13.1 Å². The van der Waals surface area contributed by atoms with E-state index in [4.69, 9.17) is 10.5 Å². The van der Waals surface area contributed by atoms with Crippen LogP contribution in [0.3, 0.4) is 0 Å². The number of nitrogen functional groups attached to an aromatic ring is 1. The molecule has 0 spiro atoms. The molecule has 2 heterocycles. The van der Waals surface area contributed by atoms with Crippen molar-refractivity contribution in [3.63, 3.8) is 0 Å². The van der Waals surface area contributed by atoms with Crippen LogP contribution in [-0.2, 0) is 0 Å². The first-order valence-corrected chi connectivity index (χ1v) is 7.42. The van der Waals surface area contributed by atoms with E-state index in [0.29, 0.717) is 6.04 Å². The zero-order chi connectivity index (χ0) is 14.7. The fourth-order valence-corrected chi connectivity index (χ4v) is 2.52. The third-order valence-electron chi connectivity index (χ3n) is 3.29. The Kier molecular flexibility index (Phi) is 5.42. The van der Waals surface area contributed by atoms with Crippen molar-refractivity contribution in [2.24, 2.45) is 5.92 Å². The summed E-state index contributed by atoms with van der Waals surface area (Å²) in [5.74, 6) is 1.83. The molecule has 1 atom stereocenters. The predicted molar refractivity (Wildman–Crippen MR) is 85.8 cm³/mol. The number of hydrogen-bond acceptors (Lipinski definition) is 3. The summed E-state index contributed by atoms with van der Waals surface area (Å²) in [5, 5.41) is 4.43. The number of piperazine rings is 1. The van der Waals surface area contributed by atoms with Gasteiger partial charge in [0.05, 0.1) is 5.69 Å². The van der Waals surface area contributed by atoms with Crippen LogP contribution in [0, 0.1) is 12.8 Å². The maximum absolute atomic E-state index is 5.90. The summed E-state index contributed by atoms with van der Waals surface area (Å²) in [7, 11) is 0. The van der Waals surface area contributed by atoms with Crippen LogP contribution >= 0.6 is 0 Å². The van der Waals surface area contributed by atoms with E-state index >= 15 is 0 Å². The molecule has 0 aromatic heterocycles. The van der Waals surface area contributed by atoms with E-state index in [1.165, 1.54) is 0 Å². The molecular weight excluding hydrogens is 517 g/mol. The molecule has 2 aliphatic rings. The van der Waals surface area contributed by atoms with Crippen LogP contribution in [0.1, 0.15) is 26.3 Å². The van der Waals surface area contributed by atoms with Gasteiger partial charge in [-0.2, -0.15) is 0 Å². The average Bonchev–Trinajstić information content (AvgIpc) is 2.37. The van der Waals surface area contributed by atoms with Crippen molar-refractivity contribution in [2.45, 2.75) is 33.7 Å². The quantitative estimate of drug-likeness (QED) is 0.512. The Morgan fingerprint density at radius 2 is 2.00 bits per heavy atom. The number of rotatable bonds is 0. The van der Waals surface area contributed by atoms with E-state index in [9.17, 15) is 0 Å². The number of nitrogens with zero attached hydrogens (tertiary/aromatic N) is 2. The Hall–Kier alpha value is -2.42. The minimum Gasteiger partial charge on any atom is -0.659 e. The van der Waals surface area contributed by atoms with Crippen LogP contribution in [0.25, 0.3) is 5.32 Å². The molecule has 21 heavy (non-hydrogen) atoms. The molecular formula is C16H26N3ORf-. The molecule has 1 unspecified atom stereocenters. The largest absolute Gasteiger partial charge is 0.659 e. The van der Waals surface area contributed by atoms with E-state index in [2.05, 4.69) is 31.0 Å². The molecule has 2 N–H and O–H groups in total. The molecule has 0 aliphatic carbocycles. The SMILES string of the molecule is CC(C)C.Cc1cc(N)cc2c1OCC1C[N-]CCN21.[Rf]. The van der Waals surface area contributed by atoms with E-state index in [1.54, 1.807) is 0 Å². The fraction of sp³-hybridized carbons (Fsp3) is 0.625. The maximum atomic E-state index is 5.90. The Morgan fingerprint density at radius 1 is 1.33 bits per heavy atom. The van der Waals surface area contributed by atoms with Crippen molar-refractivity contribution in [1.29, 1.82) is 0 Å². The third kappa shape index (κ3) is 3.78. The van der Waals surface area contributed by atoms with Crippen LogP contribution in [0.2, 0.25) is 0 Å². The summed E-state index contributed by atoms with van der Waals surface area (Å²) in [6.07, 6.45) is 0.